The van der Waals surface area contributed by atoms with Gasteiger partial charge >= 0.3 is 0 Å². The first-order chi connectivity index (χ1) is 12.3. The van der Waals surface area contributed by atoms with Crippen LogP contribution in [0.15, 0.2) is 48.5 Å². The van der Waals surface area contributed by atoms with E-state index in [-0.39, 0.29) is 12.0 Å². The van der Waals surface area contributed by atoms with Crippen molar-refractivity contribution in [3.8, 4) is 11.5 Å². The molecule has 0 bridgehead atoms. The second-order valence-electron chi connectivity index (χ2n) is 5.86. The fourth-order valence-electron chi connectivity index (χ4n) is 2.76. The number of ether oxygens (including phenoxy) is 3. The fourth-order valence-corrected chi connectivity index (χ4v) is 2.76. The number of anilines is 1. The van der Waals surface area contributed by atoms with Gasteiger partial charge in [0.05, 0.1) is 18.3 Å². The van der Waals surface area contributed by atoms with Crippen LogP contribution in [-0.4, -0.2) is 31.8 Å². The van der Waals surface area contributed by atoms with Crippen LogP contribution in [0.5, 0.6) is 11.5 Å². The summed E-state index contributed by atoms with van der Waals surface area (Å²) in [6, 6.07) is 14.6. The maximum Gasteiger partial charge on any atom is 0.259 e. The highest BCUT2D eigenvalue weighted by Gasteiger charge is 2.16. The molecule has 0 saturated carbocycles. The monoisotopic (exact) mass is 341 g/mol. The molecule has 132 valence electrons. The highest BCUT2D eigenvalue weighted by atomic mass is 16.5. The Hall–Kier alpha value is -2.53. The van der Waals surface area contributed by atoms with E-state index >= 15 is 0 Å². The SMILES string of the molecule is CCOc1ccccc1C(=O)Nc1cccc(OC[C@@H]2CCCO2)c1. The van der Waals surface area contributed by atoms with Gasteiger partial charge in [-0.2, -0.15) is 0 Å². The van der Waals surface area contributed by atoms with Crippen molar-refractivity contribution in [1.82, 2.24) is 0 Å². The van der Waals surface area contributed by atoms with Crippen LogP contribution < -0.4 is 14.8 Å². The molecule has 5 nitrogen and oxygen atoms in total. The van der Waals surface area contributed by atoms with Gasteiger partial charge in [0, 0.05) is 18.4 Å². The van der Waals surface area contributed by atoms with Gasteiger partial charge in [0.25, 0.3) is 5.91 Å². The van der Waals surface area contributed by atoms with Crippen LogP contribution >= 0.6 is 0 Å². The third-order valence-electron chi connectivity index (χ3n) is 3.98. The predicted octanol–water partition coefficient (Wildman–Crippen LogP) is 3.90. The number of carbonyl (C=O) groups is 1. The summed E-state index contributed by atoms with van der Waals surface area (Å²) >= 11 is 0. The number of carbonyl (C=O) groups excluding carboxylic acids is 1. The Bertz CT molecular complexity index is 710. The van der Waals surface area contributed by atoms with Gasteiger partial charge in [0.2, 0.25) is 0 Å². The molecule has 2 aromatic rings. The maximum absolute atomic E-state index is 12.5. The number of hydrogen-bond acceptors (Lipinski definition) is 4. The smallest absolute Gasteiger partial charge is 0.259 e. The summed E-state index contributed by atoms with van der Waals surface area (Å²) in [6.45, 7) is 3.74. The minimum atomic E-state index is -0.208. The molecule has 5 heteroatoms. The molecule has 0 spiro atoms. The van der Waals surface area contributed by atoms with Gasteiger partial charge in [0.15, 0.2) is 0 Å². The normalized spacial score (nSPS) is 16.4. The second kappa shape index (κ2) is 8.53. The van der Waals surface area contributed by atoms with Crippen molar-refractivity contribution in [3.05, 3.63) is 54.1 Å². The number of hydrogen-bond donors (Lipinski definition) is 1. The summed E-state index contributed by atoms with van der Waals surface area (Å²) in [4.78, 5) is 12.5. The molecule has 1 aliphatic rings. The van der Waals surface area contributed by atoms with Gasteiger partial charge in [-0.05, 0) is 44.0 Å². The first-order valence-electron chi connectivity index (χ1n) is 8.64. The molecule has 1 heterocycles. The van der Waals surface area contributed by atoms with Crippen molar-refractivity contribution in [3.63, 3.8) is 0 Å². The number of benzene rings is 2. The van der Waals surface area contributed by atoms with Gasteiger partial charge < -0.3 is 19.5 Å². The Kier molecular flexibility index (Phi) is 5.90. The van der Waals surface area contributed by atoms with Crippen molar-refractivity contribution < 1.29 is 19.0 Å². The van der Waals surface area contributed by atoms with Crippen LogP contribution in [-0.2, 0) is 4.74 Å². The molecule has 1 N–H and O–H groups in total. The minimum Gasteiger partial charge on any atom is -0.493 e. The van der Waals surface area contributed by atoms with Crippen molar-refractivity contribution in [2.75, 3.05) is 25.1 Å². The molecule has 0 aromatic heterocycles. The molecule has 25 heavy (non-hydrogen) atoms. The highest BCUT2D eigenvalue weighted by molar-refractivity contribution is 6.06. The summed E-state index contributed by atoms with van der Waals surface area (Å²) in [6.07, 6.45) is 2.28. The lowest BCUT2D eigenvalue weighted by Gasteiger charge is -2.13. The summed E-state index contributed by atoms with van der Waals surface area (Å²) in [7, 11) is 0. The van der Waals surface area contributed by atoms with E-state index < -0.39 is 0 Å². The highest BCUT2D eigenvalue weighted by Crippen LogP contribution is 2.22. The van der Waals surface area contributed by atoms with Crippen LogP contribution in [0.3, 0.4) is 0 Å². The zero-order valence-electron chi connectivity index (χ0n) is 14.4. The Morgan fingerprint density at radius 1 is 1.20 bits per heavy atom. The van der Waals surface area contributed by atoms with Crippen LogP contribution in [0.1, 0.15) is 30.1 Å². The molecule has 1 amide bonds. The molecule has 3 rings (SSSR count). The lowest BCUT2D eigenvalue weighted by atomic mass is 10.2. The molecular formula is C20H23NO4. The zero-order valence-corrected chi connectivity index (χ0v) is 14.4. The van der Waals surface area contributed by atoms with Gasteiger partial charge in [-0.1, -0.05) is 18.2 Å². The van der Waals surface area contributed by atoms with Gasteiger partial charge in [0.1, 0.15) is 18.1 Å². The predicted molar refractivity (Wildman–Crippen MR) is 96.5 cm³/mol. The Balaban J connectivity index is 1.64. The van der Waals surface area contributed by atoms with Crippen LogP contribution in [0.4, 0.5) is 5.69 Å². The van der Waals surface area contributed by atoms with E-state index in [0.29, 0.717) is 36.0 Å². The van der Waals surface area contributed by atoms with Gasteiger partial charge in [-0.15, -0.1) is 0 Å². The van der Waals surface area contributed by atoms with Crippen LogP contribution in [0.2, 0.25) is 0 Å². The summed E-state index contributed by atoms with van der Waals surface area (Å²) in [5.41, 5.74) is 1.19. The molecule has 0 aliphatic carbocycles. The van der Waals surface area contributed by atoms with E-state index in [1.165, 1.54) is 0 Å². The Morgan fingerprint density at radius 2 is 2.08 bits per heavy atom. The van der Waals surface area contributed by atoms with Crippen LogP contribution in [0.25, 0.3) is 0 Å². The number of nitrogens with one attached hydrogen (secondary N) is 1. The van der Waals surface area contributed by atoms with Crippen LogP contribution in [0, 0.1) is 0 Å². The topological polar surface area (TPSA) is 56.8 Å². The molecular weight excluding hydrogens is 318 g/mol. The first kappa shape index (κ1) is 17.3. The minimum absolute atomic E-state index is 0.163. The second-order valence-corrected chi connectivity index (χ2v) is 5.86. The fraction of sp³-hybridized carbons (Fsp3) is 0.350. The average Bonchev–Trinajstić information content (AvgIpc) is 3.15. The summed E-state index contributed by atoms with van der Waals surface area (Å²) in [5.74, 6) is 1.08. The Labute approximate surface area is 147 Å². The Morgan fingerprint density at radius 3 is 2.88 bits per heavy atom. The van der Waals surface area contributed by atoms with Crippen molar-refractivity contribution >= 4 is 11.6 Å². The number of amides is 1. The van der Waals surface area contributed by atoms with Crippen molar-refractivity contribution in [1.29, 1.82) is 0 Å². The van der Waals surface area contributed by atoms with Gasteiger partial charge in [-0.3, -0.25) is 4.79 Å². The van der Waals surface area contributed by atoms with Crippen molar-refractivity contribution in [2.24, 2.45) is 0 Å². The van der Waals surface area contributed by atoms with E-state index in [1.807, 2.05) is 43.3 Å². The third kappa shape index (κ3) is 4.73. The molecule has 0 unspecified atom stereocenters. The van der Waals surface area contributed by atoms with E-state index in [2.05, 4.69) is 5.32 Å². The van der Waals surface area contributed by atoms with Gasteiger partial charge in [-0.25, -0.2) is 0 Å². The molecule has 0 radical (unpaired) electrons. The quantitative estimate of drug-likeness (QED) is 0.830. The lowest BCUT2D eigenvalue weighted by Crippen LogP contribution is -2.16. The molecule has 2 aromatic carbocycles. The summed E-state index contributed by atoms with van der Waals surface area (Å²) in [5, 5.41) is 2.90. The molecule has 1 saturated heterocycles. The van der Waals surface area contributed by atoms with E-state index in [0.717, 1.165) is 19.4 Å². The molecule has 1 atom stereocenters. The average molecular weight is 341 g/mol. The summed E-state index contributed by atoms with van der Waals surface area (Å²) < 4.78 is 16.8. The van der Waals surface area contributed by atoms with Crippen molar-refractivity contribution in [2.45, 2.75) is 25.9 Å². The molecule has 1 fully saturated rings. The molecule has 1 aliphatic heterocycles. The lowest BCUT2D eigenvalue weighted by molar-refractivity contribution is 0.0680. The third-order valence-corrected chi connectivity index (χ3v) is 3.98. The van der Waals surface area contributed by atoms with E-state index in [1.54, 1.807) is 12.1 Å². The number of rotatable bonds is 7. The van der Waals surface area contributed by atoms with E-state index in [4.69, 9.17) is 14.2 Å². The largest absolute Gasteiger partial charge is 0.493 e. The van der Waals surface area contributed by atoms with E-state index in [9.17, 15) is 4.79 Å². The standard InChI is InChI=1S/C20H23NO4/c1-2-23-19-11-4-3-10-18(19)20(22)21-15-7-5-8-16(13-15)25-14-17-9-6-12-24-17/h3-5,7-8,10-11,13,17H,2,6,9,12,14H2,1H3,(H,21,22)/t17-/m0/s1. The maximum atomic E-state index is 12.5. The first-order valence-corrected chi connectivity index (χ1v) is 8.64. The zero-order chi connectivity index (χ0) is 17.5. The number of para-hydroxylation sites is 1.